The molecule has 205 valence electrons. The molecule has 1 aromatic heterocycles. The molecule has 0 bridgehead atoms. The number of aliphatic imine (C=N–C) groups is 1. The number of aromatic nitrogens is 1. The summed E-state index contributed by atoms with van der Waals surface area (Å²) < 4.78 is 19.8. The van der Waals surface area contributed by atoms with Crippen LogP contribution in [0.4, 0.5) is 4.39 Å². The molecule has 2 aromatic carbocycles. The Morgan fingerprint density at radius 2 is 2.00 bits per heavy atom. The molecule has 2 aliphatic heterocycles. The third-order valence-corrected chi connectivity index (χ3v) is 7.88. The monoisotopic (exact) mass is 540 g/mol. The highest BCUT2D eigenvalue weighted by atomic mass is 19.1. The van der Waals surface area contributed by atoms with Crippen molar-refractivity contribution in [2.75, 3.05) is 13.1 Å². The fourth-order valence-electron chi connectivity index (χ4n) is 5.74. The lowest BCUT2D eigenvalue weighted by molar-refractivity contribution is -0.134. The second-order valence-electron chi connectivity index (χ2n) is 10.9. The molecular formula is C29H33B2FN5O3. The number of nitrogens with one attached hydrogen (secondary N) is 1. The topological polar surface area (TPSA) is 94.2 Å². The first-order valence-electron chi connectivity index (χ1n) is 13.7. The Kier molecular flexibility index (Phi) is 7.88. The maximum Gasteiger partial charge on any atom is 0.234 e. The highest BCUT2D eigenvalue weighted by Gasteiger charge is 2.47. The summed E-state index contributed by atoms with van der Waals surface area (Å²) in [5, 5.41) is 16.6. The lowest BCUT2D eigenvalue weighted by Gasteiger charge is -2.32. The highest BCUT2D eigenvalue weighted by molar-refractivity contribution is 6.97. The van der Waals surface area contributed by atoms with Gasteiger partial charge in [-0.1, -0.05) is 68.4 Å². The van der Waals surface area contributed by atoms with E-state index in [2.05, 4.69) is 10.6 Å². The molecule has 0 spiro atoms. The Bertz CT molecular complexity index is 1400. The number of benzene rings is 2. The van der Waals surface area contributed by atoms with Crippen LogP contribution in [-0.2, 0) is 10.5 Å². The molecule has 3 aromatic rings. The Balaban J connectivity index is 1.45. The molecule has 2 aliphatic rings. The summed E-state index contributed by atoms with van der Waals surface area (Å²) in [6, 6.07) is 15.6. The van der Waals surface area contributed by atoms with Crippen molar-refractivity contribution in [3.05, 3.63) is 71.7 Å². The first kappa shape index (κ1) is 28.1. The van der Waals surface area contributed by atoms with E-state index in [1.165, 1.54) is 13.2 Å². The van der Waals surface area contributed by atoms with E-state index in [1.54, 1.807) is 23.1 Å². The number of amides is 1. The molecule has 1 saturated heterocycles. The Labute approximate surface area is 236 Å². The molecule has 1 amide bonds. The van der Waals surface area contributed by atoms with Crippen LogP contribution in [0.2, 0.25) is 0 Å². The minimum absolute atomic E-state index is 0.0756. The van der Waals surface area contributed by atoms with Crippen molar-refractivity contribution in [2.24, 2.45) is 10.9 Å². The highest BCUT2D eigenvalue weighted by Crippen LogP contribution is 2.37. The van der Waals surface area contributed by atoms with Crippen LogP contribution >= 0.6 is 0 Å². The molecule has 0 saturated carbocycles. The molecule has 3 heterocycles. The van der Waals surface area contributed by atoms with Crippen molar-refractivity contribution in [3.8, 4) is 11.1 Å². The summed E-state index contributed by atoms with van der Waals surface area (Å²) in [4.78, 5) is 20.7. The van der Waals surface area contributed by atoms with E-state index in [0.29, 0.717) is 35.7 Å². The fourth-order valence-corrected chi connectivity index (χ4v) is 5.74. The van der Waals surface area contributed by atoms with E-state index in [4.69, 9.17) is 17.3 Å². The van der Waals surface area contributed by atoms with Gasteiger partial charge >= 0.3 is 0 Å². The predicted octanol–water partition coefficient (Wildman–Crippen LogP) is 2.71. The quantitative estimate of drug-likeness (QED) is 0.427. The first-order valence-corrected chi connectivity index (χ1v) is 13.7. The lowest BCUT2D eigenvalue weighted by atomic mass is 9.53. The lowest BCUT2D eigenvalue weighted by Crippen LogP contribution is -2.51. The molecule has 1 fully saturated rings. The number of carbonyl (C=O) groups excluding carboxylic acids is 1. The van der Waals surface area contributed by atoms with Crippen LogP contribution in [0.1, 0.15) is 51.4 Å². The van der Waals surface area contributed by atoms with E-state index in [-0.39, 0.29) is 24.2 Å². The van der Waals surface area contributed by atoms with E-state index >= 15 is 0 Å². The van der Waals surface area contributed by atoms with Gasteiger partial charge in [0.2, 0.25) is 5.91 Å². The summed E-state index contributed by atoms with van der Waals surface area (Å²) in [5.41, 5.74) is 5.34. The van der Waals surface area contributed by atoms with Crippen LogP contribution < -0.4 is 11.0 Å². The van der Waals surface area contributed by atoms with Crippen LogP contribution in [-0.4, -0.2) is 72.1 Å². The Hall–Kier alpha value is -3.43. The average molecular weight is 540 g/mol. The zero-order valence-electron chi connectivity index (χ0n) is 23.2. The Morgan fingerprint density at radius 1 is 1.27 bits per heavy atom. The second-order valence-corrected chi connectivity index (χ2v) is 10.9. The van der Waals surface area contributed by atoms with Crippen molar-refractivity contribution in [1.29, 1.82) is 0 Å². The second kappa shape index (κ2) is 11.2. The molecule has 0 aliphatic carbocycles. The fraction of sp³-hybridized carbons (Fsp3) is 0.414. The van der Waals surface area contributed by atoms with Crippen LogP contribution in [0.25, 0.3) is 11.1 Å². The zero-order chi connectivity index (χ0) is 28.6. The number of halogens is 1. The Morgan fingerprint density at radius 3 is 2.62 bits per heavy atom. The van der Waals surface area contributed by atoms with Crippen molar-refractivity contribution in [3.63, 3.8) is 0 Å². The number of likely N-dealkylation sites (tertiary alicyclic amines) is 1. The van der Waals surface area contributed by atoms with E-state index in [9.17, 15) is 14.3 Å². The number of carbonyl (C=O) groups is 1. The molecule has 4 unspecified atom stereocenters. The maximum atomic E-state index is 14.4. The van der Waals surface area contributed by atoms with E-state index < -0.39 is 23.7 Å². The number of hydrogen-bond donors (Lipinski definition) is 2. The number of hydrazine groups is 1. The van der Waals surface area contributed by atoms with Crippen LogP contribution in [0.15, 0.2) is 64.1 Å². The van der Waals surface area contributed by atoms with Gasteiger partial charge in [-0.05, 0) is 36.1 Å². The molecule has 4 atom stereocenters. The first-order chi connectivity index (χ1) is 19.2. The number of aliphatic hydroxyl groups is 1. The van der Waals surface area contributed by atoms with Gasteiger partial charge in [0.05, 0.1) is 12.1 Å². The molecule has 2 N–H and O–H groups in total. The van der Waals surface area contributed by atoms with Crippen molar-refractivity contribution < 1.29 is 18.8 Å². The summed E-state index contributed by atoms with van der Waals surface area (Å²) in [6.45, 7) is 8.75. The summed E-state index contributed by atoms with van der Waals surface area (Å²) in [7, 11) is 6.91. The third kappa shape index (κ3) is 5.08. The smallest absolute Gasteiger partial charge is 0.234 e. The molecule has 11 heteroatoms. The van der Waals surface area contributed by atoms with Gasteiger partial charge in [-0.3, -0.25) is 4.79 Å². The number of amidine groups is 1. The van der Waals surface area contributed by atoms with Crippen molar-refractivity contribution in [2.45, 2.75) is 57.8 Å². The van der Waals surface area contributed by atoms with Crippen LogP contribution in [0, 0.1) is 11.7 Å². The normalized spacial score (nSPS) is 23.8. The molecule has 8 nitrogen and oxygen atoms in total. The SMILES string of the molecule is [B][B]c1cc(C(C(=O)N2CC(O)CC2C2=NC(C)(c3ccc(-c4ccccc4F)cc3)N(CC)N2)C(C)C)on1. The van der Waals surface area contributed by atoms with E-state index in [1.807, 2.05) is 63.0 Å². The molecule has 5 rings (SSSR count). The molecule has 40 heavy (non-hydrogen) atoms. The van der Waals surface area contributed by atoms with Gasteiger partial charge < -0.3 is 20.0 Å². The number of aliphatic hydroxyl groups excluding tert-OH is 1. The predicted molar refractivity (Wildman–Crippen MR) is 153 cm³/mol. The maximum absolute atomic E-state index is 14.4. The van der Waals surface area contributed by atoms with Gasteiger partial charge in [0.15, 0.2) is 5.66 Å². The molecular weight excluding hydrogens is 507 g/mol. The standard InChI is InChI=1S/C29H33B2FN5O3/c1-5-37-29(4,19-12-10-18(11-13-19)21-8-6-7-9-22(21)32)33-27(34-37)23-14-20(38)16-36(23)28(39)26(17(2)3)24-15-25(31-30)35-40-24/h6-13,15,17,20,23,26,38H,5,14,16H2,1-4H3,(H,33,34). The van der Waals surface area contributed by atoms with Crippen molar-refractivity contribution in [1.82, 2.24) is 20.5 Å². The van der Waals surface area contributed by atoms with Crippen molar-refractivity contribution >= 4 is 32.2 Å². The number of hydrogen-bond acceptors (Lipinski definition) is 7. The van der Waals surface area contributed by atoms with Gasteiger partial charge in [-0.25, -0.2) is 9.38 Å². The third-order valence-electron chi connectivity index (χ3n) is 7.88. The van der Waals surface area contributed by atoms with Gasteiger partial charge in [0, 0.05) is 38.4 Å². The minimum atomic E-state index is -0.769. The number of β-amino-alcohol motifs (C(OH)–C–C–N with tert-alkyl or cyclic N) is 1. The van der Waals surface area contributed by atoms with Gasteiger partial charge in [-0.15, -0.1) is 0 Å². The number of nitrogens with zero attached hydrogens (tertiary/aromatic N) is 4. The molecule has 3 radical (unpaired) electrons. The van der Waals surface area contributed by atoms with Gasteiger partial charge in [0.25, 0.3) is 0 Å². The largest absolute Gasteiger partial charge is 0.391 e. The zero-order valence-corrected chi connectivity index (χ0v) is 23.2. The van der Waals surface area contributed by atoms with E-state index in [0.717, 1.165) is 11.1 Å². The minimum Gasteiger partial charge on any atom is -0.391 e. The number of rotatable bonds is 8. The van der Waals surface area contributed by atoms with Crippen LogP contribution in [0.5, 0.6) is 0 Å². The summed E-state index contributed by atoms with van der Waals surface area (Å²) in [6.07, 6.45) is -0.323. The summed E-state index contributed by atoms with van der Waals surface area (Å²) >= 11 is 0. The van der Waals surface area contributed by atoms with Crippen LogP contribution in [0.3, 0.4) is 0 Å². The average Bonchev–Trinajstić information content (AvgIpc) is 3.66. The van der Waals surface area contributed by atoms with Gasteiger partial charge in [0.1, 0.15) is 30.5 Å². The van der Waals surface area contributed by atoms with Gasteiger partial charge in [-0.2, -0.15) is 5.01 Å². The summed E-state index contributed by atoms with van der Waals surface area (Å²) in [5.74, 6) is -0.0429.